The third-order valence-electron chi connectivity index (χ3n) is 1.88. The molecule has 2 aromatic rings. The second kappa shape index (κ2) is 4.78. The van der Waals surface area contributed by atoms with E-state index in [0.717, 1.165) is 22.3 Å². The number of carbonyl (C=O) groups excluding carboxylic acids is 1. The maximum Gasteiger partial charge on any atom is 0.263 e. The van der Waals surface area contributed by atoms with Crippen molar-refractivity contribution in [2.24, 2.45) is 0 Å². The van der Waals surface area contributed by atoms with Crippen LogP contribution in [0, 0.1) is 0 Å². The Labute approximate surface area is 104 Å². The lowest BCUT2D eigenvalue weighted by Gasteiger charge is -2.03. The van der Waals surface area contributed by atoms with E-state index in [9.17, 15) is 9.59 Å². The van der Waals surface area contributed by atoms with Gasteiger partial charge in [0.05, 0.1) is 0 Å². The number of halogens is 1. The highest BCUT2D eigenvalue weighted by Crippen LogP contribution is 2.30. The molecule has 1 aromatic carbocycles. The molecule has 1 N–H and O–H groups in total. The zero-order chi connectivity index (χ0) is 11.5. The van der Waals surface area contributed by atoms with Crippen LogP contribution in [0.15, 0.2) is 29.1 Å². The fourth-order valence-corrected chi connectivity index (χ4v) is 3.48. The number of carbonyl (C=O) groups is 1. The second-order valence-corrected chi connectivity index (χ2v) is 5.45. The molecule has 1 heterocycles. The summed E-state index contributed by atoms with van der Waals surface area (Å²) in [5.41, 5.74) is 1.40. The van der Waals surface area contributed by atoms with Crippen molar-refractivity contribution < 1.29 is 4.79 Å². The van der Waals surface area contributed by atoms with Crippen LogP contribution in [0.4, 0.5) is 10.7 Å². The molecule has 16 heavy (non-hydrogen) atoms. The Kier molecular flexibility index (Phi) is 3.38. The van der Waals surface area contributed by atoms with E-state index < -0.39 is 0 Å². The molecule has 6 heteroatoms. The first kappa shape index (κ1) is 11.3. The van der Waals surface area contributed by atoms with Crippen LogP contribution in [0.1, 0.15) is 10.4 Å². The van der Waals surface area contributed by atoms with E-state index in [-0.39, 0.29) is 9.77 Å². The van der Waals surface area contributed by atoms with Crippen LogP contribution in [-0.2, 0) is 0 Å². The topological polar surface area (TPSA) is 46.2 Å². The van der Waals surface area contributed by atoms with Crippen molar-refractivity contribution in [3.63, 3.8) is 0 Å². The van der Waals surface area contributed by atoms with Gasteiger partial charge in [-0.2, -0.15) is 0 Å². The highest BCUT2D eigenvalue weighted by atomic mass is 35.5. The molecule has 0 aliphatic carbocycles. The highest BCUT2D eigenvalue weighted by molar-refractivity contribution is 7.70. The average molecular weight is 272 g/mol. The molecule has 0 spiro atoms. The number of anilines is 2. The van der Waals surface area contributed by atoms with Crippen LogP contribution in [0.3, 0.4) is 0 Å². The minimum absolute atomic E-state index is 0.140. The number of hydrogen-bond acceptors (Lipinski definition) is 5. The Morgan fingerprint density at radius 3 is 2.38 bits per heavy atom. The summed E-state index contributed by atoms with van der Waals surface area (Å²) in [5.74, 6) is 0. The first-order valence-electron chi connectivity index (χ1n) is 4.31. The Morgan fingerprint density at radius 2 is 1.88 bits per heavy atom. The predicted octanol–water partition coefficient (Wildman–Crippen LogP) is 3.38. The van der Waals surface area contributed by atoms with Crippen LogP contribution < -0.4 is 10.1 Å². The van der Waals surface area contributed by atoms with Crippen LogP contribution in [0.25, 0.3) is 0 Å². The number of benzene rings is 1. The van der Waals surface area contributed by atoms with Gasteiger partial charge in [0, 0.05) is 11.3 Å². The van der Waals surface area contributed by atoms with Crippen molar-refractivity contribution in [2.75, 3.05) is 5.32 Å². The largest absolute Gasteiger partial charge is 0.345 e. The van der Waals surface area contributed by atoms with Crippen molar-refractivity contribution >= 4 is 49.3 Å². The minimum atomic E-state index is -0.140. The first-order chi connectivity index (χ1) is 7.70. The Balaban J connectivity index is 2.23. The quantitative estimate of drug-likeness (QED) is 0.688. The Bertz CT molecular complexity index is 559. The summed E-state index contributed by atoms with van der Waals surface area (Å²) in [6, 6.07) is 6.90. The fourth-order valence-electron chi connectivity index (χ4n) is 1.10. The summed E-state index contributed by atoms with van der Waals surface area (Å²) in [6.45, 7) is 0. The van der Waals surface area contributed by atoms with Crippen LogP contribution in [0.2, 0.25) is 5.02 Å². The van der Waals surface area contributed by atoms with Gasteiger partial charge in [-0.05, 0) is 34.6 Å². The highest BCUT2D eigenvalue weighted by Gasteiger charge is 2.07. The van der Waals surface area contributed by atoms with Crippen molar-refractivity contribution in [3.8, 4) is 0 Å². The third kappa shape index (κ3) is 2.32. The summed E-state index contributed by atoms with van der Waals surface area (Å²) in [6.07, 6.45) is 0.778. The summed E-state index contributed by atoms with van der Waals surface area (Å²) in [4.78, 5) is 21.6. The molecule has 0 amide bonds. The van der Waals surface area contributed by atoms with Gasteiger partial charge < -0.3 is 5.32 Å². The molecule has 0 aliphatic heterocycles. The van der Waals surface area contributed by atoms with E-state index in [2.05, 4.69) is 5.32 Å². The maximum atomic E-state index is 11.1. The number of aldehydes is 1. The van der Waals surface area contributed by atoms with E-state index in [1.165, 1.54) is 10.3 Å². The minimum Gasteiger partial charge on any atom is -0.345 e. The molecular weight excluding hydrogens is 266 g/mol. The lowest BCUT2D eigenvalue weighted by atomic mass is 10.2. The first-order valence-corrected chi connectivity index (χ1v) is 6.84. The second-order valence-electron chi connectivity index (χ2n) is 2.96. The molecule has 0 bridgehead atoms. The lowest BCUT2D eigenvalue weighted by Crippen LogP contribution is -1.93. The standard InChI is InChI=1S/C10H6ClNO2S2/c11-8-9(15-16-10(8)14)12-7-3-1-6(5-13)2-4-7/h1-5,12H. The van der Waals surface area contributed by atoms with Gasteiger partial charge in [-0.1, -0.05) is 21.9 Å². The third-order valence-corrected chi connectivity index (χ3v) is 4.58. The lowest BCUT2D eigenvalue weighted by molar-refractivity contribution is 0.112. The van der Waals surface area contributed by atoms with Gasteiger partial charge in [-0.3, -0.25) is 9.59 Å². The van der Waals surface area contributed by atoms with E-state index in [1.54, 1.807) is 24.3 Å². The molecule has 1 aromatic heterocycles. The molecule has 0 fully saturated rings. The van der Waals surface area contributed by atoms with E-state index >= 15 is 0 Å². The fraction of sp³-hybridized carbons (Fsp3) is 0. The molecule has 3 nitrogen and oxygen atoms in total. The van der Waals surface area contributed by atoms with Crippen molar-refractivity contribution in [1.82, 2.24) is 0 Å². The summed E-state index contributed by atoms with van der Waals surface area (Å²) in [5, 5.41) is 3.88. The van der Waals surface area contributed by atoms with Gasteiger partial charge in [-0.15, -0.1) is 0 Å². The van der Waals surface area contributed by atoms with Gasteiger partial charge in [0.1, 0.15) is 16.3 Å². The van der Waals surface area contributed by atoms with Gasteiger partial charge >= 0.3 is 0 Å². The molecule has 0 saturated carbocycles. The number of rotatable bonds is 3. The molecule has 0 aliphatic rings. The monoisotopic (exact) mass is 271 g/mol. The molecule has 0 atom stereocenters. The Morgan fingerprint density at radius 1 is 1.19 bits per heavy atom. The van der Waals surface area contributed by atoms with Crippen LogP contribution in [-0.4, -0.2) is 6.29 Å². The zero-order valence-electron chi connectivity index (χ0n) is 7.90. The molecule has 2 rings (SSSR count). The van der Waals surface area contributed by atoms with E-state index in [4.69, 9.17) is 11.6 Å². The number of nitrogens with one attached hydrogen (secondary N) is 1. The summed E-state index contributed by atoms with van der Waals surface area (Å²) < 4.78 is -0.140. The van der Waals surface area contributed by atoms with Crippen molar-refractivity contribution in [3.05, 3.63) is 44.4 Å². The molecular formula is C10H6ClNO2S2. The average Bonchev–Trinajstić information content (AvgIpc) is 2.62. The van der Waals surface area contributed by atoms with E-state index in [1.807, 2.05) is 0 Å². The van der Waals surface area contributed by atoms with Gasteiger partial charge in [0.2, 0.25) is 0 Å². The smallest absolute Gasteiger partial charge is 0.263 e. The van der Waals surface area contributed by atoms with Crippen molar-refractivity contribution in [2.45, 2.75) is 0 Å². The van der Waals surface area contributed by atoms with Gasteiger partial charge in [0.15, 0.2) is 0 Å². The zero-order valence-corrected chi connectivity index (χ0v) is 10.3. The predicted molar refractivity (Wildman–Crippen MR) is 68.6 cm³/mol. The van der Waals surface area contributed by atoms with E-state index in [0.29, 0.717) is 10.6 Å². The van der Waals surface area contributed by atoms with Gasteiger partial charge in [-0.25, -0.2) is 0 Å². The van der Waals surface area contributed by atoms with Gasteiger partial charge in [0.25, 0.3) is 4.74 Å². The van der Waals surface area contributed by atoms with Crippen LogP contribution in [0.5, 0.6) is 0 Å². The molecule has 0 radical (unpaired) electrons. The van der Waals surface area contributed by atoms with Crippen molar-refractivity contribution in [1.29, 1.82) is 0 Å². The molecule has 0 saturated heterocycles. The molecule has 0 unspecified atom stereocenters. The SMILES string of the molecule is O=Cc1ccc(Nc2ssc(=O)c2Cl)cc1. The Hall–Kier alpha value is -1.17. The maximum absolute atomic E-state index is 11.1. The number of hydrogen-bond donors (Lipinski definition) is 1. The summed E-state index contributed by atoms with van der Waals surface area (Å²) in [7, 11) is 2.39. The molecule has 82 valence electrons. The van der Waals surface area contributed by atoms with Crippen LogP contribution >= 0.6 is 32.3 Å². The summed E-state index contributed by atoms with van der Waals surface area (Å²) >= 11 is 5.81. The normalized spacial score (nSPS) is 10.1.